The molecule has 0 amide bonds. The predicted octanol–water partition coefficient (Wildman–Crippen LogP) is 5.92. The van der Waals surface area contributed by atoms with Crippen LogP contribution in [0, 0.1) is 0 Å². The third-order valence-electron chi connectivity index (χ3n) is 4.37. The summed E-state index contributed by atoms with van der Waals surface area (Å²) >= 11 is 0. The molecule has 0 unspecified atom stereocenters. The second-order valence-electron chi connectivity index (χ2n) is 6.53. The zero-order chi connectivity index (χ0) is 15.3. The van der Waals surface area contributed by atoms with Gasteiger partial charge in [0.2, 0.25) is 0 Å². The Morgan fingerprint density at radius 3 is 1.52 bits per heavy atom. The van der Waals surface area contributed by atoms with Crippen LogP contribution in [0.1, 0.15) is 62.8 Å². The lowest BCUT2D eigenvalue weighted by atomic mass is 9.77. The molecule has 0 fully saturated rings. The number of hydrogen-bond acceptors (Lipinski definition) is 0. The van der Waals surface area contributed by atoms with Crippen molar-refractivity contribution in [2.45, 2.75) is 58.8 Å². The Kier molecular flexibility index (Phi) is 5.22. The zero-order valence-corrected chi connectivity index (χ0v) is 13.9. The van der Waals surface area contributed by atoms with Gasteiger partial charge in [0.15, 0.2) is 0 Å². The second kappa shape index (κ2) is 6.93. The van der Waals surface area contributed by atoms with Crippen molar-refractivity contribution in [2.24, 2.45) is 0 Å². The van der Waals surface area contributed by atoms with E-state index in [0.29, 0.717) is 0 Å². The molecule has 0 aromatic heterocycles. The molecule has 2 aromatic carbocycles. The Balaban J connectivity index is 2.36. The lowest BCUT2D eigenvalue weighted by Gasteiger charge is -2.27. The van der Waals surface area contributed by atoms with Gasteiger partial charge in [0, 0.05) is 5.41 Å². The fraction of sp³-hybridized carbons (Fsp3) is 0.429. The van der Waals surface area contributed by atoms with E-state index in [1.165, 1.54) is 47.9 Å². The van der Waals surface area contributed by atoms with E-state index < -0.39 is 0 Å². The maximum absolute atomic E-state index is 2.38. The molecule has 2 aromatic rings. The molecule has 21 heavy (non-hydrogen) atoms. The number of rotatable bonds is 6. The van der Waals surface area contributed by atoms with Gasteiger partial charge in [0.05, 0.1) is 0 Å². The first-order valence-electron chi connectivity index (χ1n) is 8.26. The van der Waals surface area contributed by atoms with Crippen molar-refractivity contribution in [1.82, 2.24) is 0 Å². The average molecular weight is 280 g/mol. The standard InChI is InChI=1S/C21H28/c1-5-9-17-11-7-13-19(15-17)21(3,4)20-14-8-12-18(16-20)10-6-2/h7-8,11-16H,5-6,9-10H2,1-4H3. The molecule has 0 heteroatoms. The van der Waals surface area contributed by atoms with E-state index >= 15 is 0 Å². The third kappa shape index (κ3) is 3.75. The average Bonchev–Trinajstić information content (AvgIpc) is 2.48. The topological polar surface area (TPSA) is 0 Å². The monoisotopic (exact) mass is 280 g/mol. The van der Waals surface area contributed by atoms with Crippen LogP contribution in [0.4, 0.5) is 0 Å². The normalized spacial score (nSPS) is 11.6. The van der Waals surface area contributed by atoms with Gasteiger partial charge in [-0.3, -0.25) is 0 Å². The summed E-state index contributed by atoms with van der Waals surface area (Å²) in [5.74, 6) is 0. The molecule has 0 saturated carbocycles. The van der Waals surface area contributed by atoms with Crippen molar-refractivity contribution >= 4 is 0 Å². The molecule has 2 rings (SSSR count). The zero-order valence-electron chi connectivity index (χ0n) is 13.9. The van der Waals surface area contributed by atoms with Crippen LogP contribution in [-0.2, 0) is 18.3 Å². The van der Waals surface area contributed by atoms with Crippen molar-refractivity contribution in [3.63, 3.8) is 0 Å². The summed E-state index contributed by atoms with van der Waals surface area (Å²) in [6.07, 6.45) is 4.74. The Bertz CT molecular complexity index is 527. The van der Waals surface area contributed by atoms with Crippen molar-refractivity contribution in [2.75, 3.05) is 0 Å². The Morgan fingerprint density at radius 2 is 1.14 bits per heavy atom. The summed E-state index contributed by atoms with van der Waals surface area (Å²) < 4.78 is 0. The van der Waals surface area contributed by atoms with Crippen LogP contribution in [0.3, 0.4) is 0 Å². The predicted molar refractivity (Wildman–Crippen MR) is 93.0 cm³/mol. The summed E-state index contributed by atoms with van der Waals surface area (Å²) in [6.45, 7) is 9.16. The van der Waals surface area contributed by atoms with E-state index in [1.54, 1.807) is 0 Å². The summed E-state index contributed by atoms with van der Waals surface area (Å²) in [6, 6.07) is 18.2. The Hall–Kier alpha value is -1.56. The summed E-state index contributed by atoms with van der Waals surface area (Å²) in [7, 11) is 0. The van der Waals surface area contributed by atoms with Gasteiger partial charge in [-0.05, 0) is 35.1 Å². The molecular formula is C21H28. The molecule has 0 aliphatic rings. The highest BCUT2D eigenvalue weighted by Crippen LogP contribution is 2.32. The molecule has 0 aliphatic carbocycles. The van der Waals surface area contributed by atoms with E-state index in [4.69, 9.17) is 0 Å². The molecule has 0 nitrogen and oxygen atoms in total. The van der Waals surface area contributed by atoms with Gasteiger partial charge in [0.25, 0.3) is 0 Å². The fourth-order valence-corrected chi connectivity index (χ4v) is 2.98. The Morgan fingerprint density at radius 1 is 0.714 bits per heavy atom. The number of aryl methyl sites for hydroxylation is 2. The van der Waals surface area contributed by atoms with Crippen LogP contribution < -0.4 is 0 Å². The quantitative estimate of drug-likeness (QED) is 0.616. The first-order chi connectivity index (χ1) is 10.1. The lowest BCUT2D eigenvalue weighted by Crippen LogP contribution is -2.19. The van der Waals surface area contributed by atoms with Gasteiger partial charge in [-0.25, -0.2) is 0 Å². The molecule has 0 radical (unpaired) electrons. The molecule has 0 N–H and O–H groups in total. The van der Waals surface area contributed by atoms with Crippen LogP contribution in [0.15, 0.2) is 48.5 Å². The summed E-state index contributed by atoms with van der Waals surface area (Å²) in [5, 5.41) is 0. The highest BCUT2D eigenvalue weighted by atomic mass is 14.3. The Labute approximate surface area is 130 Å². The van der Waals surface area contributed by atoms with Gasteiger partial charge < -0.3 is 0 Å². The summed E-state index contributed by atoms with van der Waals surface area (Å²) in [4.78, 5) is 0. The first kappa shape index (κ1) is 15.8. The number of benzene rings is 2. The minimum absolute atomic E-state index is 0.0630. The maximum Gasteiger partial charge on any atom is 0.0146 e. The SMILES string of the molecule is CCCc1cccc(C(C)(C)c2cccc(CCC)c2)c1. The van der Waals surface area contributed by atoms with Gasteiger partial charge in [-0.15, -0.1) is 0 Å². The fourth-order valence-electron chi connectivity index (χ4n) is 2.98. The van der Waals surface area contributed by atoms with Crippen molar-refractivity contribution in [1.29, 1.82) is 0 Å². The first-order valence-corrected chi connectivity index (χ1v) is 8.26. The third-order valence-corrected chi connectivity index (χ3v) is 4.37. The lowest BCUT2D eigenvalue weighted by molar-refractivity contribution is 0.637. The van der Waals surface area contributed by atoms with E-state index in [2.05, 4.69) is 76.2 Å². The molecule has 0 bridgehead atoms. The van der Waals surface area contributed by atoms with E-state index in [1.807, 2.05) is 0 Å². The van der Waals surface area contributed by atoms with Gasteiger partial charge >= 0.3 is 0 Å². The van der Waals surface area contributed by atoms with Crippen LogP contribution >= 0.6 is 0 Å². The van der Waals surface area contributed by atoms with Crippen molar-refractivity contribution < 1.29 is 0 Å². The van der Waals surface area contributed by atoms with Crippen molar-refractivity contribution in [3.05, 3.63) is 70.8 Å². The van der Waals surface area contributed by atoms with Crippen molar-refractivity contribution in [3.8, 4) is 0 Å². The van der Waals surface area contributed by atoms with Gasteiger partial charge in [-0.1, -0.05) is 89.1 Å². The van der Waals surface area contributed by atoms with Crippen LogP contribution in [-0.4, -0.2) is 0 Å². The van der Waals surface area contributed by atoms with Crippen LogP contribution in [0.2, 0.25) is 0 Å². The minimum atomic E-state index is 0.0630. The molecule has 0 aliphatic heterocycles. The highest BCUT2D eigenvalue weighted by Gasteiger charge is 2.23. The highest BCUT2D eigenvalue weighted by molar-refractivity contribution is 5.40. The second-order valence-corrected chi connectivity index (χ2v) is 6.53. The molecule has 0 spiro atoms. The van der Waals surface area contributed by atoms with Crippen LogP contribution in [0.5, 0.6) is 0 Å². The molecule has 112 valence electrons. The molecule has 0 saturated heterocycles. The largest absolute Gasteiger partial charge is 0.0651 e. The molecule has 0 atom stereocenters. The van der Waals surface area contributed by atoms with Crippen LogP contribution in [0.25, 0.3) is 0 Å². The minimum Gasteiger partial charge on any atom is -0.0651 e. The van der Waals surface area contributed by atoms with E-state index in [-0.39, 0.29) is 5.41 Å². The maximum atomic E-state index is 2.38. The van der Waals surface area contributed by atoms with Gasteiger partial charge in [-0.2, -0.15) is 0 Å². The van der Waals surface area contributed by atoms with Gasteiger partial charge in [0.1, 0.15) is 0 Å². The smallest absolute Gasteiger partial charge is 0.0146 e. The van der Waals surface area contributed by atoms with E-state index in [0.717, 1.165) is 0 Å². The molecule has 0 heterocycles. The van der Waals surface area contributed by atoms with E-state index in [9.17, 15) is 0 Å². The summed E-state index contributed by atoms with van der Waals surface area (Å²) in [5.41, 5.74) is 5.80. The number of hydrogen-bond donors (Lipinski definition) is 0. The molecular weight excluding hydrogens is 252 g/mol.